The van der Waals surface area contributed by atoms with Crippen LogP contribution in [-0.2, 0) is 9.59 Å². The van der Waals surface area contributed by atoms with Gasteiger partial charge in [0.15, 0.2) is 23.0 Å². The van der Waals surface area contributed by atoms with Crippen molar-refractivity contribution in [3.05, 3.63) is 53.1 Å². The number of aliphatic hydroxyl groups is 1. The molecular formula is C28H34N2O7. The Balaban J connectivity index is 1.82. The molecule has 1 atom stereocenters. The molecule has 198 valence electrons. The molecule has 1 saturated heterocycles. The fraction of sp³-hybridized carbons (Fsp3) is 0.429. The lowest BCUT2D eigenvalue weighted by atomic mass is 9.94. The average molecular weight is 511 g/mol. The molecule has 1 amide bonds. The second kappa shape index (κ2) is 11.6. The van der Waals surface area contributed by atoms with Crippen LogP contribution in [0.1, 0.15) is 37.4 Å². The van der Waals surface area contributed by atoms with Crippen molar-refractivity contribution >= 4 is 17.4 Å². The summed E-state index contributed by atoms with van der Waals surface area (Å²) in [6, 6.07) is 9.55. The Morgan fingerprint density at radius 2 is 1.78 bits per heavy atom. The highest BCUT2D eigenvalue weighted by atomic mass is 16.6. The SMILES string of the molecule is CCCOc1ccc(C2C(=C(O)c3ccc4c(c3)OCCO4)C(=O)C(=O)N2CCN(C)C)cc1OCC. The molecule has 37 heavy (non-hydrogen) atoms. The van der Waals surface area contributed by atoms with Gasteiger partial charge < -0.3 is 33.9 Å². The number of carbonyl (C=O) groups is 2. The highest BCUT2D eigenvalue weighted by Gasteiger charge is 2.46. The molecule has 0 aliphatic carbocycles. The van der Waals surface area contributed by atoms with Crippen LogP contribution >= 0.6 is 0 Å². The largest absolute Gasteiger partial charge is 0.507 e. The third-order valence-electron chi connectivity index (χ3n) is 6.19. The van der Waals surface area contributed by atoms with E-state index in [1.165, 1.54) is 4.90 Å². The maximum absolute atomic E-state index is 13.3. The number of ketones is 1. The van der Waals surface area contributed by atoms with E-state index in [-0.39, 0.29) is 11.3 Å². The fourth-order valence-electron chi connectivity index (χ4n) is 4.41. The Labute approximate surface area is 217 Å². The summed E-state index contributed by atoms with van der Waals surface area (Å²) in [4.78, 5) is 30.0. The number of fused-ring (bicyclic) bond motifs is 1. The maximum Gasteiger partial charge on any atom is 0.295 e. The van der Waals surface area contributed by atoms with E-state index in [0.717, 1.165) is 6.42 Å². The van der Waals surface area contributed by atoms with Crippen LogP contribution < -0.4 is 18.9 Å². The van der Waals surface area contributed by atoms with E-state index in [1.54, 1.807) is 30.3 Å². The van der Waals surface area contributed by atoms with Crippen molar-refractivity contribution in [2.45, 2.75) is 26.3 Å². The average Bonchev–Trinajstić information content (AvgIpc) is 3.15. The Hall–Kier alpha value is -3.72. The summed E-state index contributed by atoms with van der Waals surface area (Å²) in [6.07, 6.45) is 0.841. The van der Waals surface area contributed by atoms with Crippen LogP contribution in [0.5, 0.6) is 23.0 Å². The first-order valence-corrected chi connectivity index (χ1v) is 12.6. The van der Waals surface area contributed by atoms with Gasteiger partial charge in [0.2, 0.25) is 0 Å². The molecular weight excluding hydrogens is 476 g/mol. The minimum atomic E-state index is -0.799. The zero-order valence-corrected chi connectivity index (χ0v) is 21.8. The van der Waals surface area contributed by atoms with Gasteiger partial charge in [-0.2, -0.15) is 0 Å². The molecule has 2 aliphatic heterocycles. The van der Waals surface area contributed by atoms with E-state index in [9.17, 15) is 14.7 Å². The number of aliphatic hydroxyl groups excluding tert-OH is 1. The number of ether oxygens (including phenoxy) is 4. The van der Waals surface area contributed by atoms with E-state index in [4.69, 9.17) is 18.9 Å². The first-order valence-electron chi connectivity index (χ1n) is 12.6. The monoisotopic (exact) mass is 510 g/mol. The first kappa shape index (κ1) is 26.3. The number of hydrogen-bond acceptors (Lipinski definition) is 8. The second-order valence-corrected chi connectivity index (χ2v) is 9.14. The van der Waals surface area contributed by atoms with Gasteiger partial charge in [0.05, 0.1) is 24.8 Å². The molecule has 2 aromatic rings. The summed E-state index contributed by atoms with van der Waals surface area (Å²) >= 11 is 0. The summed E-state index contributed by atoms with van der Waals surface area (Å²) in [5.74, 6) is 0.489. The Bertz CT molecular complexity index is 1190. The number of nitrogens with zero attached hydrogens (tertiary/aromatic N) is 2. The molecule has 2 aliphatic rings. The van der Waals surface area contributed by atoms with Crippen molar-refractivity contribution < 1.29 is 33.6 Å². The summed E-state index contributed by atoms with van der Waals surface area (Å²) < 4.78 is 22.9. The third kappa shape index (κ3) is 5.51. The number of likely N-dealkylation sites (N-methyl/N-ethyl adjacent to an activating group) is 1. The van der Waals surface area contributed by atoms with Gasteiger partial charge in [-0.05, 0) is 63.3 Å². The quantitative estimate of drug-likeness (QED) is 0.294. The topological polar surface area (TPSA) is 97.8 Å². The van der Waals surface area contributed by atoms with Crippen molar-refractivity contribution in [1.29, 1.82) is 0 Å². The zero-order valence-electron chi connectivity index (χ0n) is 21.8. The van der Waals surface area contributed by atoms with Crippen molar-refractivity contribution in [2.75, 3.05) is 53.6 Å². The van der Waals surface area contributed by atoms with Crippen LogP contribution in [0.4, 0.5) is 0 Å². The van der Waals surface area contributed by atoms with Gasteiger partial charge >= 0.3 is 0 Å². The van der Waals surface area contributed by atoms with Crippen molar-refractivity contribution in [1.82, 2.24) is 9.80 Å². The Morgan fingerprint density at radius 1 is 1.03 bits per heavy atom. The maximum atomic E-state index is 13.3. The standard InChI is InChI=1S/C28H34N2O7/c1-5-13-35-20-9-7-18(16-22(20)34-6-2)25-24(27(32)28(33)30(25)12-11-29(3)4)26(31)19-8-10-21-23(17-19)37-15-14-36-21/h7-10,16-17,25,31H,5-6,11-15H2,1-4H3. The zero-order chi connectivity index (χ0) is 26.5. The molecule has 1 N–H and O–H groups in total. The molecule has 1 unspecified atom stereocenters. The normalized spacial score (nSPS) is 18.4. The van der Waals surface area contributed by atoms with Crippen LogP contribution in [0.2, 0.25) is 0 Å². The summed E-state index contributed by atoms with van der Waals surface area (Å²) in [5, 5.41) is 11.4. The molecule has 4 rings (SSSR count). The second-order valence-electron chi connectivity index (χ2n) is 9.14. The summed E-state index contributed by atoms with van der Waals surface area (Å²) in [6.45, 7) is 6.52. The number of carbonyl (C=O) groups excluding carboxylic acids is 2. The van der Waals surface area contributed by atoms with Gasteiger partial charge in [-0.1, -0.05) is 13.0 Å². The summed E-state index contributed by atoms with van der Waals surface area (Å²) in [5.41, 5.74) is 1.03. The number of Topliss-reactive ketones (excluding diaryl/α,β-unsaturated/α-hetero) is 1. The van der Waals surface area contributed by atoms with Gasteiger partial charge in [-0.15, -0.1) is 0 Å². The molecule has 2 heterocycles. The van der Waals surface area contributed by atoms with Gasteiger partial charge in [0.25, 0.3) is 11.7 Å². The molecule has 0 aromatic heterocycles. The van der Waals surface area contributed by atoms with Crippen molar-refractivity contribution in [2.24, 2.45) is 0 Å². The van der Waals surface area contributed by atoms with Crippen molar-refractivity contribution in [3.8, 4) is 23.0 Å². The third-order valence-corrected chi connectivity index (χ3v) is 6.19. The predicted octanol–water partition coefficient (Wildman–Crippen LogP) is 3.63. The minimum absolute atomic E-state index is 0.0186. The van der Waals surface area contributed by atoms with Crippen LogP contribution in [0, 0.1) is 0 Å². The molecule has 9 nitrogen and oxygen atoms in total. The molecule has 1 fully saturated rings. The molecule has 0 saturated carbocycles. The van der Waals surface area contributed by atoms with E-state index < -0.39 is 17.7 Å². The van der Waals surface area contributed by atoms with Crippen LogP contribution in [0.15, 0.2) is 42.0 Å². The lowest BCUT2D eigenvalue weighted by Gasteiger charge is -2.27. The molecule has 0 spiro atoms. The Kier molecular flexibility index (Phi) is 8.23. The lowest BCUT2D eigenvalue weighted by Crippen LogP contribution is -2.35. The van der Waals surface area contributed by atoms with Crippen LogP contribution in [0.25, 0.3) is 5.76 Å². The fourth-order valence-corrected chi connectivity index (χ4v) is 4.41. The van der Waals surface area contributed by atoms with Crippen LogP contribution in [-0.4, -0.2) is 80.2 Å². The highest BCUT2D eigenvalue weighted by Crippen LogP contribution is 2.43. The number of hydrogen-bond donors (Lipinski definition) is 1. The summed E-state index contributed by atoms with van der Waals surface area (Å²) in [7, 11) is 3.79. The van der Waals surface area contributed by atoms with Crippen molar-refractivity contribution in [3.63, 3.8) is 0 Å². The van der Waals surface area contributed by atoms with E-state index in [2.05, 4.69) is 0 Å². The van der Waals surface area contributed by atoms with E-state index in [1.807, 2.05) is 38.9 Å². The highest BCUT2D eigenvalue weighted by molar-refractivity contribution is 6.46. The first-order chi connectivity index (χ1) is 17.8. The number of rotatable bonds is 10. The van der Waals surface area contributed by atoms with Crippen LogP contribution in [0.3, 0.4) is 0 Å². The number of benzene rings is 2. The van der Waals surface area contributed by atoms with E-state index >= 15 is 0 Å². The van der Waals surface area contributed by atoms with Gasteiger partial charge in [-0.25, -0.2) is 0 Å². The minimum Gasteiger partial charge on any atom is -0.507 e. The smallest absolute Gasteiger partial charge is 0.295 e. The van der Waals surface area contributed by atoms with Gasteiger partial charge in [0, 0.05) is 18.7 Å². The number of amides is 1. The molecule has 0 bridgehead atoms. The van der Waals surface area contributed by atoms with Gasteiger partial charge in [0.1, 0.15) is 19.0 Å². The predicted molar refractivity (Wildman–Crippen MR) is 138 cm³/mol. The number of likely N-dealkylation sites (tertiary alicyclic amines) is 1. The molecule has 2 aromatic carbocycles. The van der Waals surface area contributed by atoms with E-state index in [0.29, 0.717) is 73.6 Å². The lowest BCUT2D eigenvalue weighted by molar-refractivity contribution is -0.140. The molecule has 0 radical (unpaired) electrons. The van der Waals surface area contributed by atoms with Gasteiger partial charge in [-0.3, -0.25) is 9.59 Å². The molecule has 9 heteroatoms. The Morgan fingerprint density at radius 3 is 2.49 bits per heavy atom.